The SMILES string of the molecule is CCOc1cc(C(N)=O)ccc1CN1CCOCC1. The number of carbonyl (C=O) groups is 1. The number of benzene rings is 1. The van der Waals surface area contributed by atoms with Crippen LogP contribution in [0.2, 0.25) is 0 Å². The Kier molecular flexibility index (Phi) is 4.76. The number of hydrogen-bond acceptors (Lipinski definition) is 4. The van der Waals surface area contributed by atoms with Crippen molar-refractivity contribution < 1.29 is 14.3 Å². The first kappa shape index (κ1) is 13.8. The minimum Gasteiger partial charge on any atom is -0.494 e. The lowest BCUT2D eigenvalue weighted by Gasteiger charge is -2.27. The van der Waals surface area contributed by atoms with Crippen molar-refractivity contribution in [1.82, 2.24) is 4.90 Å². The van der Waals surface area contributed by atoms with Crippen molar-refractivity contribution in [2.45, 2.75) is 13.5 Å². The van der Waals surface area contributed by atoms with Crippen LogP contribution < -0.4 is 10.5 Å². The van der Waals surface area contributed by atoms with E-state index in [4.69, 9.17) is 15.2 Å². The zero-order valence-corrected chi connectivity index (χ0v) is 11.2. The molecule has 1 amide bonds. The van der Waals surface area contributed by atoms with E-state index in [-0.39, 0.29) is 0 Å². The normalized spacial score (nSPS) is 16.3. The molecule has 1 fully saturated rings. The summed E-state index contributed by atoms with van der Waals surface area (Å²) in [7, 11) is 0. The Balaban J connectivity index is 2.15. The standard InChI is InChI=1S/C14H20N2O3/c1-2-19-13-9-11(14(15)17)3-4-12(13)10-16-5-7-18-8-6-16/h3-4,9H,2,5-8,10H2,1H3,(H2,15,17). The van der Waals surface area contributed by atoms with E-state index >= 15 is 0 Å². The largest absolute Gasteiger partial charge is 0.494 e. The molecule has 0 atom stereocenters. The van der Waals surface area contributed by atoms with E-state index in [2.05, 4.69) is 4.90 Å². The lowest BCUT2D eigenvalue weighted by Crippen LogP contribution is -2.35. The van der Waals surface area contributed by atoms with E-state index in [1.54, 1.807) is 12.1 Å². The van der Waals surface area contributed by atoms with Gasteiger partial charge in [-0.3, -0.25) is 9.69 Å². The molecule has 0 aromatic heterocycles. The van der Waals surface area contributed by atoms with Gasteiger partial charge in [-0.05, 0) is 19.1 Å². The highest BCUT2D eigenvalue weighted by Crippen LogP contribution is 2.22. The Morgan fingerprint density at radius 2 is 2.16 bits per heavy atom. The third-order valence-electron chi connectivity index (χ3n) is 3.15. The van der Waals surface area contributed by atoms with Crippen LogP contribution in [0.25, 0.3) is 0 Å². The highest BCUT2D eigenvalue weighted by molar-refractivity contribution is 5.93. The summed E-state index contributed by atoms with van der Waals surface area (Å²) in [5, 5.41) is 0. The maximum atomic E-state index is 11.2. The smallest absolute Gasteiger partial charge is 0.248 e. The number of carbonyl (C=O) groups excluding carboxylic acids is 1. The molecule has 19 heavy (non-hydrogen) atoms. The lowest BCUT2D eigenvalue weighted by atomic mass is 10.1. The van der Waals surface area contributed by atoms with Crippen LogP contribution in [0.4, 0.5) is 0 Å². The molecule has 1 aromatic carbocycles. The average Bonchev–Trinajstić information content (AvgIpc) is 2.42. The molecule has 1 aliphatic rings. The topological polar surface area (TPSA) is 64.8 Å². The molecule has 1 heterocycles. The average molecular weight is 264 g/mol. The zero-order chi connectivity index (χ0) is 13.7. The van der Waals surface area contributed by atoms with Gasteiger partial charge in [0.1, 0.15) is 5.75 Å². The molecule has 2 rings (SSSR count). The molecule has 0 bridgehead atoms. The summed E-state index contributed by atoms with van der Waals surface area (Å²) in [5.74, 6) is 0.309. The van der Waals surface area contributed by atoms with Crippen LogP contribution in [0.15, 0.2) is 18.2 Å². The molecule has 0 unspecified atom stereocenters. The van der Waals surface area contributed by atoms with Gasteiger partial charge >= 0.3 is 0 Å². The Hall–Kier alpha value is -1.59. The van der Waals surface area contributed by atoms with Crippen LogP contribution in [0.5, 0.6) is 5.75 Å². The van der Waals surface area contributed by atoms with Crippen molar-refractivity contribution >= 4 is 5.91 Å². The second-order valence-electron chi connectivity index (χ2n) is 4.51. The van der Waals surface area contributed by atoms with Gasteiger partial charge in [0.15, 0.2) is 0 Å². The fraction of sp³-hybridized carbons (Fsp3) is 0.500. The van der Waals surface area contributed by atoms with Gasteiger partial charge in [0, 0.05) is 30.8 Å². The van der Waals surface area contributed by atoms with Gasteiger partial charge < -0.3 is 15.2 Å². The molecule has 1 aliphatic heterocycles. The molecular formula is C14H20N2O3. The molecule has 104 valence electrons. The summed E-state index contributed by atoms with van der Waals surface area (Å²) in [6.07, 6.45) is 0. The number of morpholine rings is 1. The minimum absolute atomic E-state index is 0.432. The predicted octanol–water partition coefficient (Wildman–Crippen LogP) is 1.02. The predicted molar refractivity (Wildman–Crippen MR) is 72.2 cm³/mol. The highest BCUT2D eigenvalue weighted by atomic mass is 16.5. The summed E-state index contributed by atoms with van der Waals surface area (Å²) in [6, 6.07) is 5.39. The van der Waals surface area contributed by atoms with Crippen LogP contribution in [0, 0.1) is 0 Å². The monoisotopic (exact) mass is 264 g/mol. The third-order valence-corrected chi connectivity index (χ3v) is 3.15. The molecule has 1 saturated heterocycles. The van der Waals surface area contributed by atoms with E-state index in [1.807, 2.05) is 13.0 Å². The van der Waals surface area contributed by atoms with Gasteiger partial charge in [-0.2, -0.15) is 0 Å². The summed E-state index contributed by atoms with van der Waals surface area (Å²) in [4.78, 5) is 13.5. The van der Waals surface area contributed by atoms with Crippen LogP contribution in [-0.2, 0) is 11.3 Å². The minimum atomic E-state index is -0.432. The van der Waals surface area contributed by atoms with Crippen LogP contribution in [0.3, 0.4) is 0 Å². The van der Waals surface area contributed by atoms with Gasteiger partial charge in [0.05, 0.1) is 19.8 Å². The van der Waals surface area contributed by atoms with Crippen molar-refractivity contribution in [3.05, 3.63) is 29.3 Å². The fourth-order valence-corrected chi connectivity index (χ4v) is 2.13. The van der Waals surface area contributed by atoms with Crippen molar-refractivity contribution in [2.75, 3.05) is 32.9 Å². The Morgan fingerprint density at radius 1 is 1.42 bits per heavy atom. The van der Waals surface area contributed by atoms with Gasteiger partial charge in [0.25, 0.3) is 0 Å². The van der Waals surface area contributed by atoms with E-state index < -0.39 is 5.91 Å². The summed E-state index contributed by atoms with van der Waals surface area (Å²) >= 11 is 0. The van der Waals surface area contributed by atoms with Gasteiger partial charge in [-0.15, -0.1) is 0 Å². The Morgan fingerprint density at radius 3 is 2.79 bits per heavy atom. The quantitative estimate of drug-likeness (QED) is 0.862. The molecule has 0 saturated carbocycles. The zero-order valence-electron chi connectivity index (χ0n) is 11.2. The molecule has 5 nitrogen and oxygen atoms in total. The molecule has 2 N–H and O–H groups in total. The van der Waals surface area contributed by atoms with E-state index in [0.29, 0.717) is 12.2 Å². The van der Waals surface area contributed by atoms with E-state index in [1.165, 1.54) is 0 Å². The third kappa shape index (κ3) is 3.68. The van der Waals surface area contributed by atoms with Crippen molar-refractivity contribution in [3.8, 4) is 5.75 Å². The van der Waals surface area contributed by atoms with Crippen LogP contribution in [-0.4, -0.2) is 43.7 Å². The highest BCUT2D eigenvalue weighted by Gasteiger charge is 2.14. The van der Waals surface area contributed by atoms with Gasteiger partial charge in [-0.25, -0.2) is 0 Å². The fourth-order valence-electron chi connectivity index (χ4n) is 2.13. The Labute approximate surface area is 113 Å². The van der Waals surface area contributed by atoms with Gasteiger partial charge in [0.2, 0.25) is 5.91 Å². The number of rotatable bonds is 5. The van der Waals surface area contributed by atoms with E-state index in [0.717, 1.165) is 44.2 Å². The number of ether oxygens (including phenoxy) is 2. The number of hydrogen-bond donors (Lipinski definition) is 1. The second kappa shape index (κ2) is 6.54. The van der Waals surface area contributed by atoms with Gasteiger partial charge in [-0.1, -0.05) is 6.07 Å². The maximum absolute atomic E-state index is 11.2. The summed E-state index contributed by atoms with van der Waals surface area (Å²) < 4.78 is 10.9. The summed E-state index contributed by atoms with van der Waals surface area (Å²) in [6.45, 7) is 6.67. The number of nitrogens with zero attached hydrogens (tertiary/aromatic N) is 1. The molecular weight excluding hydrogens is 244 g/mol. The molecule has 0 aliphatic carbocycles. The lowest BCUT2D eigenvalue weighted by molar-refractivity contribution is 0.0338. The number of primary amides is 1. The molecule has 5 heteroatoms. The molecule has 0 spiro atoms. The Bertz CT molecular complexity index is 442. The second-order valence-corrected chi connectivity index (χ2v) is 4.51. The van der Waals surface area contributed by atoms with Crippen LogP contribution in [0.1, 0.15) is 22.8 Å². The molecule has 1 aromatic rings. The first-order valence-electron chi connectivity index (χ1n) is 6.56. The van der Waals surface area contributed by atoms with Crippen molar-refractivity contribution in [2.24, 2.45) is 5.73 Å². The maximum Gasteiger partial charge on any atom is 0.248 e. The van der Waals surface area contributed by atoms with E-state index in [9.17, 15) is 4.79 Å². The van der Waals surface area contributed by atoms with Crippen molar-refractivity contribution in [3.63, 3.8) is 0 Å². The summed E-state index contributed by atoms with van der Waals surface area (Å²) in [5.41, 5.74) is 6.85. The number of nitrogens with two attached hydrogens (primary N) is 1. The van der Waals surface area contributed by atoms with Crippen molar-refractivity contribution in [1.29, 1.82) is 0 Å². The number of amides is 1. The molecule has 0 radical (unpaired) electrons. The first-order chi connectivity index (χ1) is 9.20. The van der Waals surface area contributed by atoms with Crippen LogP contribution >= 0.6 is 0 Å². The first-order valence-corrected chi connectivity index (χ1v) is 6.56.